The molecule has 0 aliphatic carbocycles. The van der Waals surface area contributed by atoms with Gasteiger partial charge in [-0.25, -0.2) is 4.79 Å². The summed E-state index contributed by atoms with van der Waals surface area (Å²) < 4.78 is 0. The van der Waals surface area contributed by atoms with Crippen molar-refractivity contribution >= 4 is 48.9 Å². The van der Waals surface area contributed by atoms with E-state index in [1.165, 1.54) is 0 Å². The molecule has 0 aromatic carbocycles. The Bertz CT molecular complexity index is 494. The average molecular weight is 398 g/mol. The first-order valence-corrected chi connectivity index (χ1v) is 8.31. The fourth-order valence-corrected chi connectivity index (χ4v) is 1.90. The number of carboxylic acids is 1. The van der Waals surface area contributed by atoms with E-state index in [1.54, 1.807) is 0 Å². The van der Waals surface area contributed by atoms with Gasteiger partial charge in [0.2, 0.25) is 17.7 Å². The molecule has 0 saturated carbocycles. The third-order valence-electron chi connectivity index (χ3n) is 2.96. The van der Waals surface area contributed by atoms with Crippen LogP contribution in [0.3, 0.4) is 0 Å². The van der Waals surface area contributed by atoms with Crippen molar-refractivity contribution in [3.63, 3.8) is 0 Å². The third kappa shape index (κ3) is 7.92. The van der Waals surface area contributed by atoms with Crippen molar-refractivity contribution in [3.05, 3.63) is 0 Å². The Kier molecular flexibility index (Phi) is 11.2. The molecule has 0 aliphatic rings. The number of carboxylic acid groups (broad SMARTS) is 1. The van der Waals surface area contributed by atoms with Gasteiger partial charge in [-0.05, 0) is 0 Å². The zero-order chi connectivity index (χ0) is 19.6. The highest BCUT2D eigenvalue weighted by Crippen LogP contribution is 1.95. The topological polar surface area (TPSA) is 191 Å². The van der Waals surface area contributed by atoms with Crippen molar-refractivity contribution in [1.82, 2.24) is 16.0 Å². The summed E-state index contributed by atoms with van der Waals surface area (Å²) in [6, 6.07) is -5.17. The van der Waals surface area contributed by atoms with Crippen molar-refractivity contribution in [2.24, 2.45) is 5.73 Å². The first-order chi connectivity index (χ1) is 11.7. The Morgan fingerprint density at radius 2 is 1.24 bits per heavy atom. The van der Waals surface area contributed by atoms with Crippen LogP contribution in [0.2, 0.25) is 0 Å². The minimum Gasteiger partial charge on any atom is -0.480 e. The molecule has 25 heavy (non-hydrogen) atoms. The largest absolute Gasteiger partial charge is 0.480 e. The Morgan fingerprint density at radius 1 is 0.800 bits per heavy atom. The highest BCUT2D eigenvalue weighted by molar-refractivity contribution is 7.80. The molecule has 0 spiro atoms. The predicted octanol–water partition coefficient (Wildman–Crippen LogP) is -4.30. The van der Waals surface area contributed by atoms with Gasteiger partial charge in [0.25, 0.3) is 0 Å². The van der Waals surface area contributed by atoms with E-state index in [2.05, 4.69) is 35.9 Å². The molecule has 13 heteroatoms. The molecule has 0 rings (SSSR count). The van der Waals surface area contributed by atoms with E-state index in [-0.39, 0.29) is 11.5 Å². The number of thiol groups is 2. The highest BCUT2D eigenvalue weighted by Gasteiger charge is 2.29. The summed E-state index contributed by atoms with van der Waals surface area (Å²) in [5, 5.41) is 33.3. The summed E-state index contributed by atoms with van der Waals surface area (Å²) in [6.45, 7) is -1.60. The maximum absolute atomic E-state index is 12.1. The van der Waals surface area contributed by atoms with E-state index >= 15 is 0 Å². The van der Waals surface area contributed by atoms with Gasteiger partial charge in [0, 0.05) is 11.5 Å². The van der Waals surface area contributed by atoms with Crippen molar-refractivity contribution in [1.29, 1.82) is 0 Å². The van der Waals surface area contributed by atoms with Crippen LogP contribution in [0.25, 0.3) is 0 Å². The second kappa shape index (κ2) is 11.9. The predicted molar refractivity (Wildman–Crippen MR) is 93.3 cm³/mol. The van der Waals surface area contributed by atoms with Gasteiger partial charge in [-0.2, -0.15) is 25.3 Å². The number of aliphatic carboxylic acids is 1. The van der Waals surface area contributed by atoms with Gasteiger partial charge in [-0.1, -0.05) is 0 Å². The van der Waals surface area contributed by atoms with Crippen molar-refractivity contribution in [3.8, 4) is 0 Å². The second-order valence-corrected chi connectivity index (χ2v) is 5.59. The molecular formula is C12H22N4O7S2. The number of nitrogens with two attached hydrogens (primary N) is 1. The van der Waals surface area contributed by atoms with E-state index in [4.69, 9.17) is 15.9 Å². The van der Waals surface area contributed by atoms with Crippen LogP contribution in [0.4, 0.5) is 0 Å². The van der Waals surface area contributed by atoms with Crippen LogP contribution in [0.5, 0.6) is 0 Å². The molecule has 0 fully saturated rings. The molecule has 0 bridgehead atoms. The van der Waals surface area contributed by atoms with Crippen LogP contribution < -0.4 is 21.7 Å². The standard InChI is InChI=1S/C12H22N4O7S2/c13-5(3-24)9(19)14-6(1-17)10(20)16-8(4-25)11(21)15-7(2-18)12(22)23/h5-8,17-18,24-25H,1-4,13H2,(H,14,19)(H,15,21)(H,16,20)(H,22,23). The van der Waals surface area contributed by atoms with Gasteiger partial charge in [0.05, 0.1) is 19.3 Å². The van der Waals surface area contributed by atoms with Crippen LogP contribution in [-0.4, -0.2) is 87.9 Å². The average Bonchev–Trinajstić information content (AvgIpc) is 2.59. The summed E-state index contributed by atoms with van der Waals surface area (Å²) in [4.78, 5) is 46.4. The first-order valence-electron chi connectivity index (χ1n) is 7.04. The van der Waals surface area contributed by atoms with Gasteiger partial charge < -0.3 is 37.0 Å². The van der Waals surface area contributed by atoms with Gasteiger partial charge in [0.1, 0.15) is 18.1 Å². The van der Waals surface area contributed by atoms with Crippen LogP contribution in [0, 0.1) is 0 Å². The Balaban J connectivity index is 4.86. The number of amides is 3. The van der Waals surface area contributed by atoms with Crippen LogP contribution in [0.15, 0.2) is 0 Å². The summed E-state index contributed by atoms with van der Waals surface area (Å²) in [5.74, 6) is -4.15. The molecule has 0 saturated heterocycles. The van der Waals surface area contributed by atoms with E-state index in [0.29, 0.717) is 0 Å². The molecule has 0 radical (unpaired) electrons. The summed E-state index contributed by atoms with van der Waals surface area (Å²) in [5.41, 5.74) is 5.44. The lowest BCUT2D eigenvalue weighted by Gasteiger charge is -2.22. The number of carbonyl (C=O) groups excluding carboxylic acids is 3. The molecule has 4 atom stereocenters. The lowest BCUT2D eigenvalue weighted by molar-refractivity contribution is -0.143. The number of aliphatic hydroxyl groups excluding tert-OH is 2. The molecule has 3 amide bonds. The van der Waals surface area contributed by atoms with Crippen molar-refractivity contribution in [2.75, 3.05) is 24.7 Å². The molecule has 0 aromatic heterocycles. The molecule has 144 valence electrons. The molecule has 11 nitrogen and oxygen atoms in total. The lowest BCUT2D eigenvalue weighted by atomic mass is 10.2. The van der Waals surface area contributed by atoms with E-state index in [1.807, 2.05) is 5.32 Å². The Hall–Kier alpha value is -1.54. The van der Waals surface area contributed by atoms with Crippen molar-refractivity contribution < 1.29 is 34.5 Å². The summed E-state index contributed by atoms with van der Waals surface area (Å²) in [6.07, 6.45) is 0. The smallest absolute Gasteiger partial charge is 0.328 e. The number of nitrogens with one attached hydrogen (secondary N) is 3. The molecular weight excluding hydrogens is 376 g/mol. The van der Waals surface area contributed by atoms with Crippen LogP contribution >= 0.6 is 25.3 Å². The minimum atomic E-state index is -1.55. The third-order valence-corrected chi connectivity index (χ3v) is 3.72. The molecule has 0 heterocycles. The summed E-state index contributed by atoms with van der Waals surface area (Å²) >= 11 is 7.72. The highest BCUT2D eigenvalue weighted by atomic mass is 32.1. The van der Waals surface area contributed by atoms with E-state index in [0.717, 1.165) is 0 Å². The maximum atomic E-state index is 12.1. The molecule has 4 unspecified atom stereocenters. The maximum Gasteiger partial charge on any atom is 0.328 e. The molecule has 8 N–H and O–H groups in total. The van der Waals surface area contributed by atoms with Crippen LogP contribution in [-0.2, 0) is 19.2 Å². The number of aliphatic hydroxyl groups is 2. The Labute approximate surface area is 154 Å². The van der Waals surface area contributed by atoms with Gasteiger partial charge in [-0.15, -0.1) is 0 Å². The first kappa shape index (κ1) is 23.5. The second-order valence-electron chi connectivity index (χ2n) is 4.86. The normalized spacial score (nSPS) is 15.4. The number of hydrogen-bond donors (Lipinski definition) is 9. The van der Waals surface area contributed by atoms with Gasteiger partial charge in [0.15, 0.2) is 0 Å². The number of carbonyl (C=O) groups is 4. The van der Waals surface area contributed by atoms with Gasteiger partial charge >= 0.3 is 5.97 Å². The number of hydrogen-bond acceptors (Lipinski definition) is 9. The lowest BCUT2D eigenvalue weighted by Crippen LogP contribution is -2.59. The number of rotatable bonds is 11. The SMILES string of the molecule is NC(CS)C(=O)NC(CO)C(=O)NC(CS)C(=O)NC(CO)C(=O)O. The quantitative estimate of drug-likeness (QED) is 0.156. The van der Waals surface area contributed by atoms with Gasteiger partial charge in [-0.3, -0.25) is 14.4 Å². The monoisotopic (exact) mass is 398 g/mol. The summed E-state index contributed by atoms with van der Waals surface area (Å²) in [7, 11) is 0. The van der Waals surface area contributed by atoms with Crippen LogP contribution in [0.1, 0.15) is 0 Å². The minimum absolute atomic E-state index is 0.0189. The molecule has 0 aliphatic heterocycles. The van der Waals surface area contributed by atoms with E-state index < -0.39 is 61.1 Å². The Morgan fingerprint density at radius 3 is 1.64 bits per heavy atom. The fourth-order valence-electron chi connectivity index (χ4n) is 1.48. The fraction of sp³-hybridized carbons (Fsp3) is 0.667. The van der Waals surface area contributed by atoms with E-state index in [9.17, 15) is 24.3 Å². The molecule has 0 aromatic rings. The zero-order valence-corrected chi connectivity index (χ0v) is 14.9. The zero-order valence-electron chi connectivity index (χ0n) is 13.1. The van der Waals surface area contributed by atoms with Crippen molar-refractivity contribution in [2.45, 2.75) is 24.2 Å².